The van der Waals surface area contributed by atoms with Crippen LogP contribution in [0.2, 0.25) is 0 Å². The van der Waals surface area contributed by atoms with E-state index >= 15 is 0 Å². The van der Waals surface area contributed by atoms with Gasteiger partial charge in [0.2, 0.25) is 5.95 Å². The Morgan fingerprint density at radius 3 is 2.56 bits per heavy atom. The van der Waals surface area contributed by atoms with Gasteiger partial charge in [-0.1, -0.05) is 12.1 Å². The first-order valence-corrected chi connectivity index (χ1v) is 13.4. The molecule has 0 spiro atoms. The van der Waals surface area contributed by atoms with Crippen LogP contribution in [0.15, 0.2) is 54.9 Å². The number of rotatable bonds is 10. The molecule has 1 aliphatic rings. The van der Waals surface area contributed by atoms with Crippen molar-refractivity contribution in [3.8, 4) is 17.4 Å². The van der Waals surface area contributed by atoms with Gasteiger partial charge in [-0.25, -0.2) is 9.97 Å². The zero-order chi connectivity index (χ0) is 29.0. The van der Waals surface area contributed by atoms with Gasteiger partial charge in [-0.15, -0.1) is 0 Å². The molecule has 2 aromatic heterocycles. The summed E-state index contributed by atoms with van der Waals surface area (Å²) in [6.45, 7) is 3.85. The zero-order valence-electron chi connectivity index (χ0n) is 22.9. The van der Waals surface area contributed by atoms with E-state index in [0.29, 0.717) is 30.9 Å². The molecule has 1 fully saturated rings. The van der Waals surface area contributed by atoms with Gasteiger partial charge in [0, 0.05) is 61.6 Å². The van der Waals surface area contributed by atoms with Crippen molar-refractivity contribution in [2.45, 2.75) is 25.1 Å². The lowest BCUT2D eigenvalue weighted by molar-refractivity contribution is -0.141. The number of nitrogens with zero attached hydrogens (tertiary/aromatic N) is 4. The van der Waals surface area contributed by atoms with E-state index in [9.17, 15) is 18.3 Å². The van der Waals surface area contributed by atoms with Crippen LogP contribution in [-0.4, -0.2) is 66.6 Å². The average Bonchev–Trinajstić information content (AvgIpc) is 3.33. The van der Waals surface area contributed by atoms with E-state index in [0.717, 1.165) is 60.5 Å². The predicted molar refractivity (Wildman–Crippen MR) is 151 cm³/mol. The highest BCUT2D eigenvalue weighted by Gasteiger charge is 2.32. The third-order valence-electron chi connectivity index (χ3n) is 7.31. The number of aromatic nitrogens is 3. The summed E-state index contributed by atoms with van der Waals surface area (Å²) >= 11 is 0. The Kier molecular flexibility index (Phi) is 8.39. The van der Waals surface area contributed by atoms with Gasteiger partial charge >= 0.3 is 6.18 Å². The molecular formula is C29H33F3N6O3. The fraction of sp³-hybridized carbons (Fsp3) is 0.379. The SMILES string of the molecule is COc1ccc([C@@H](CCCNc2nccc(C(F)(F)F)n2)n2cc3c(N4CCNCC4)cccc3c2O)cc1OC. The first-order valence-electron chi connectivity index (χ1n) is 13.4. The summed E-state index contributed by atoms with van der Waals surface area (Å²) in [6.07, 6.45) is -0.373. The standard InChI is InChI=1S/C29H33F3N6O3/c1-40-24-9-8-19(17-25(24)41-2)22(7-4-11-34-28-35-12-10-26(36-28)29(30,31)32)38-18-21-20(27(38)39)5-3-6-23(21)37-15-13-33-14-16-37/h3,5-6,8-10,12,17-18,22,33,39H,4,7,11,13-16H2,1-2H3,(H,34,35,36)/t22-/m1/s1. The van der Waals surface area contributed by atoms with Gasteiger partial charge < -0.3 is 34.7 Å². The molecule has 0 bridgehead atoms. The summed E-state index contributed by atoms with van der Waals surface area (Å²) in [7, 11) is 3.13. The summed E-state index contributed by atoms with van der Waals surface area (Å²) in [5.41, 5.74) is 0.951. The van der Waals surface area contributed by atoms with Crippen LogP contribution in [0.4, 0.5) is 24.8 Å². The molecule has 1 saturated heterocycles. The molecule has 5 rings (SSSR count). The molecule has 0 saturated carbocycles. The number of hydrogen-bond acceptors (Lipinski definition) is 8. The van der Waals surface area contributed by atoms with E-state index in [4.69, 9.17) is 9.47 Å². The van der Waals surface area contributed by atoms with Crippen LogP contribution in [0, 0.1) is 0 Å². The normalized spacial score (nSPS) is 14.7. The Bertz CT molecular complexity index is 1490. The lowest BCUT2D eigenvalue weighted by Crippen LogP contribution is -2.43. The van der Waals surface area contributed by atoms with Gasteiger partial charge in [-0.2, -0.15) is 13.2 Å². The van der Waals surface area contributed by atoms with Crippen LogP contribution in [0.5, 0.6) is 17.4 Å². The van der Waals surface area contributed by atoms with Crippen molar-refractivity contribution in [3.05, 3.63) is 66.1 Å². The van der Waals surface area contributed by atoms with Gasteiger partial charge in [0.15, 0.2) is 17.4 Å². The molecular weight excluding hydrogens is 537 g/mol. The number of piperazine rings is 1. The highest BCUT2D eigenvalue weighted by atomic mass is 19.4. The molecule has 0 radical (unpaired) electrons. The van der Waals surface area contributed by atoms with Crippen LogP contribution < -0.4 is 25.0 Å². The molecule has 3 N–H and O–H groups in total. The van der Waals surface area contributed by atoms with Gasteiger partial charge in [0.1, 0.15) is 5.69 Å². The van der Waals surface area contributed by atoms with E-state index in [-0.39, 0.29) is 17.9 Å². The Morgan fingerprint density at radius 1 is 1.05 bits per heavy atom. The maximum atomic E-state index is 13.1. The smallest absolute Gasteiger partial charge is 0.433 e. The van der Waals surface area contributed by atoms with Crippen LogP contribution in [0.3, 0.4) is 0 Å². The number of ether oxygens (including phenoxy) is 2. The Balaban J connectivity index is 1.44. The molecule has 218 valence electrons. The minimum Gasteiger partial charge on any atom is -0.494 e. The van der Waals surface area contributed by atoms with Crippen LogP contribution in [0.1, 0.15) is 30.1 Å². The monoisotopic (exact) mass is 570 g/mol. The minimum absolute atomic E-state index is 0.0855. The van der Waals surface area contributed by atoms with Gasteiger partial charge in [0.05, 0.1) is 20.3 Å². The highest BCUT2D eigenvalue weighted by Crippen LogP contribution is 2.40. The van der Waals surface area contributed by atoms with Crippen molar-refractivity contribution in [3.63, 3.8) is 0 Å². The second-order valence-electron chi connectivity index (χ2n) is 9.80. The molecule has 1 atom stereocenters. The van der Waals surface area contributed by atoms with E-state index in [1.54, 1.807) is 14.2 Å². The molecule has 3 heterocycles. The van der Waals surface area contributed by atoms with Crippen molar-refractivity contribution in [1.29, 1.82) is 0 Å². The maximum Gasteiger partial charge on any atom is 0.433 e. The number of aromatic hydroxyl groups is 1. The number of anilines is 2. The molecule has 41 heavy (non-hydrogen) atoms. The predicted octanol–water partition coefficient (Wildman–Crippen LogP) is 5.06. The van der Waals surface area contributed by atoms with Gasteiger partial charge in [-0.05, 0) is 48.7 Å². The second kappa shape index (κ2) is 12.1. The molecule has 1 aliphatic heterocycles. The van der Waals surface area contributed by atoms with Gasteiger partial charge in [0.25, 0.3) is 0 Å². The fourth-order valence-electron chi connectivity index (χ4n) is 5.27. The van der Waals surface area contributed by atoms with Crippen molar-refractivity contribution < 1.29 is 27.8 Å². The lowest BCUT2D eigenvalue weighted by Gasteiger charge is -2.30. The maximum absolute atomic E-state index is 13.1. The summed E-state index contributed by atoms with van der Waals surface area (Å²) in [5.74, 6) is 1.20. The van der Waals surface area contributed by atoms with E-state index in [1.165, 1.54) is 0 Å². The average molecular weight is 571 g/mol. The summed E-state index contributed by atoms with van der Waals surface area (Å²) in [4.78, 5) is 9.81. The van der Waals surface area contributed by atoms with E-state index in [1.807, 2.05) is 41.1 Å². The third kappa shape index (κ3) is 6.12. The van der Waals surface area contributed by atoms with Gasteiger partial charge in [-0.3, -0.25) is 0 Å². The minimum atomic E-state index is -4.55. The van der Waals surface area contributed by atoms with E-state index in [2.05, 4.69) is 31.6 Å². The second-order valence-corrected chi connectivity index (χ2v) is 9.80. The molecule has 9 nitrogen and oxygen atoms in total. The van der Waals surface area contributed by atoms with Crippen LogP contribution >= 0.6 is 0 Å². The molecule has 0 aliphatic carbocycles. The number of nitrogens with one attached hydrogen (secondary N) is 2. The lowest BCUT2D eigenvalue weighted by atomic mass is 10.0. The Morgan fingerprint density at radius 2 is 1.83 bits per heavy atom. The largest absolute Gasteiger partial charge is 0.494 e. The number of benzene rings is 2. The molecule has 0 amide bonds. The third-order valence-corrected chi connectivity index (χ3v) is 7.31. The van der Waals surface area contributed by atoms with Crippen molar-refractivity contribution in [2.75, 3.05) is 57.2 Å². The number of hydrogen-bond donors (Lipinski definition) is 3. The number of alkyl halides is 3. The molecule has 2 aromatic carbocycles. The first kappa shape index (κ1) is 28.3. The molecule has 12 heteroatoms. The first-order chi connectivity index (χ1) is 19.8. The van der Waals surface area contributed by atoms with Crippen molar-refractivity contribution in [2.24, 2.45) is 0 Å². The summed E-state index contributed by atoms with van der Waals surface area (Å²) in [5, 5.41) is 19.4. The number of halogens is 3. The quantitative estimate of drug-likeness (QED) is 0.228. The topological polar surface area (TPSA) is 96.7 Å². The highest BCUT2D eigenvalue weighted by molar-refractivity contribution is 5.98. The summed E-state index contributed by atoms with van der Waals surface area (Å²) in [6, 6.07) is 12.1. The zero-order valence-corrected chi connectivity index (χ0v) is 22.9. The fourth-order valence-corrected chi connectivity index (χ4v) is 5.27. The Hall–Kier alpha value is -4.19. The van der Waals surface area contributed by atoms with Crippen molar-refractivity contribution in [1.82, 2.24) is 19.9 Å². The molecule has 0 unspecified atom stereocenters. The van der Waals surface area contributed by atoms with Crippen LogP contribution in [-0.2, 0) is 6.18 Å². The van der Waals surface area contributed by atoms with E-state index < -0.39 is 11.9 Å². The van der Waals surface area contributed by atoms with Crippen molar-refractivity contribution >= 4 is 22.4 Å². The summed E-state index contributed by atoms with van der Waals surface area (Å²) < 4.78 is 52.0. The Labute approximate surface area is 235 Å². The number of fused-ring (bicyclic) bond motifs is 1. The molecule has 4 aromatic rings. The van der Waals surface area contributed by atoms with Crippen LogP contribution in [0.25, 0.3) is 10.8 Å². The number of methoxy groups -OCH3 is 2.